The highest BCUT2D eigenvalue weighted by Gasteiger charge is 1.91. The molecule has 1 N–H and O–H groups in total. The maximum Gasteiger partial charge on any atom is 0.202 e. The Morgan fingerprint density at radius 2 is 2.43 bits per heavy atom. The molecule has 0 unspecified atom stereocenters. The molecule has 0 aliphatic carbocycles. The minimum atomic E-state index is 0.183. The van der Waals surface area contributed by atoms with Crippen LogP contribution < -0.4 is 5.32 Å². The van der Waals surface area contributed by atoms with Gasteiger partial charge < -0.3 is 5.32 Å². The molecule has 42 valence electrons. The van der Waals surface area contributed by atoms with Crippen LogP contribution in [0.2, 0.25) is 0 Å². The molecule has 0 saturated carbocycles. The molecular weight excluding hydrogens is 110 g/mol. The number of nitrogens with one attached hydrogen (secondary N) is 1. The molecule has 7 heavy (non-hydrogen) atoms. The number of hydrogen-bond acceptors (Lipinski definition) is 3. The molecule has 0 aromatic rings. The van der Waals surface area contributed by atoms with Crippen LogP contribution in [0.15, 0.2) is 0 Å². The molecule has 3 heteroatoms. The molecule has 2 nitrogen and oxygen atoms in total. The Hall–Kier alpha value is -0.0200. The van der Waals surface area contributed by atoms with Crippen LogP contribution in [0, 0.1) is 0 Å². The van der Waals surface area contributed by atoms with E-state index in [1.165, 1.54) is 11.8 Å². The highest BCUT2D eigenvalue weighted by molar-refractivity contribution is 8.13. The quantitative estimate of drug-likeness (QED) is 0.559. The molecular formula is C4H9NOS. The first-order chi connectivity index (χ1) is 3.31. The van der Waals surface area contributed by atoms with Crippen molar-refractivity contribution in [2.45, 2.75) is 0 Å². The summed E-state index contributed by atoms with van der Waals surface area (Å²) in [5.74, 6) is 0. The third-order valence-corrected chi connectivity index (χ3v) is 1.15. The van der Waals surface area contributed by atoms with Crippen molar-refractivity contribution in [3.05, 3.63) is 0 Å². The van der Waals surface area contributed by atoms with Crippen molar-refractivity contribution in [2.24, 2.45) is 0 Å². The van der Waals surface area contributed by atoms with Crippen molar-refractivity contribution in [1.29, 1.82) is 0 Å². The first-order valence-electron chi connectivity index (χ1n) is 2.02. The molecule has 0 heterocycles. The van der Waals surface area contributed by atoms with E-state index in [0.29, 0.717) is 6.54 Å². The molecule has 0 aromatic heterocycles. The summed E-state index contributed by atoms with van der Waals surface area (Å²) in [6, 6.07) is 0. The van der Waals surface area contributed by atoms with Gasteiger partial charge in [-0.05, 0) is 13.3 Å². The number of rotatable bonds is 2. The minimum absolute atomic E-state index is 0.183. The minimum Gasteiger partial charge on any atom is -0.312 e. The topological polar surface area (TPSA) is 29.1 Å². The standard InChI is InChI=1S/C4H9NOS/c1-5-3-4(6)7-2/h5H,3H2,1-2H3. The Bertz CT molecular complexity index is 64.7. The lowest BCUT2D eigenvalue weighted by Crippen LogP contribution is -2.14. The van der Waals surface area contributed by atoms with E-state index in [4.69, 9.17) is 0 Å². The van der Waals surface area contributed by atoms with Gasteiger partial charge in [0.25, 0.3) is 0 Å². The van der Waals surface area contributed by atoms with Gasteiger partial charge in [-0.1, -0.05) is 11.8 Å². The summed E-state index contributed by atoms with van der Waals surface area (Å²) in [5.41, 5.74) is 0. The highest BCUT2D eigenvalue weighted by Crippen LogP contribution is 1.89. The van der Waals surface area contributed by atoms with Crippen molar-refractivity contribution >= 4 is 16.9 Å². The van der Waals surface area contributed by atoms with E-state index in [2.05, 4.69) is 5.32 Å². The van der Waals surface area contributed by atoms with Crippen molar-refractivity contribution in [1.82, 2.24) is 5.32 Å². The summed E-state index contributed by atoms with van der Waals surface area (Å²) in [6.07, 6.45) is 1.78. The number of likely N-dealkylation sites (N-methyl/N-ethyl adjacent to an activating group) is 1. The molecule has 0 radical (unpaired) electrons. The summed E-state index contributed by atoms with van der Waals surface area (Å²) in [5, 5.41) is 2.93. The van der Waals surface area contributed by atoms with E-state index in [1.807, 2.05) is 0 Å². The van der Waals surface area contributed by atoms with Crippen LogP contribution in [0.5, 0.6) is 0 Å². The van der Waals surface area contributed by atoms with Gasteiger partial charge in [0, 0.05) is 0 Å². The van der Waals surface area contributed by atoms with Gasteiger partial charge in [-0.2, -0.15) is 0 Å². The molecule has 0 bridgehead atoms. The van der Waals surface area contributed by atoms with Crippen LogP contribution in [0.4, 0.5) is 0 Å². The molecule has 0 spiro atoms. The fourth-order valence-corrected chi connectivity index (χ4v) is 0.505. The Morgan fingerprint density at radius 3 is 2.57 bits per heavy atom. The average molecular weight is 119 g/mol. The zero-order valence-corrected chi connectivity index (χ0v) is 5.34. The molecule has 0 aromatic carbocycles. The maximum atomic E-state index is 10.3. The molecule has 0 fully saturated rings. The zero-order valence-electron chi connectivity index (χ0n) is 4.52. The van der Waals surface area contributed by atoms with Gasteiger partial charge in [-0.25, -0.2) is 0 Å². The number of carbonyl (C=O) groups excluding carboxylic acids is 1. The largest absolute Gasteiger partial charge is 0.312 e. The van der Waals surface area contributed by atoms with Crippen LogP contribution in [-0.4, -0.2) is 25.0 Å². The van der Waals surface area contributed by atoms with Gasteiger partial charge >= 0.3 is 0 Å². The number of carbonyl (C=O) groups is 1. The molecule has 0 rings (SSSR count). The maximum absolute atomic E-state index is 10.3. The van der Waals surface area contributed by atoms with E-state index in [-0.39, 0.29) is 5.12 Å². The lowest BCUT2D eigenvalue weighted by atomic mass is 10.7. The molecule has 0 aliphatic rings. The lowest BCUT2D eigenvalue weighted by molar-refractivity contribution is -0.110. The number of hydrogen-bond donors (Lipinski definition) is 1. The van der Waals surface area contributed by atoms with E-state index in [9.17, 15) is 4.79 Å². The van der Waals surface area contributed by atoms with Crippen LogP contribution in [0.3, 0.4) is 0 Å². The van der Waals surface area contributed by atoms with Crippen LogP contribution in [0.25, 0.3) is 0 Å². The molecule has 0 aliphatic heterocycles. The smallest absolute Gasteiger partial charge is 0.202 e. The Balaban J connectivity index is 3.00. The highest BCUT2D eigenvalue weighted by atomic mass is 32.2. The van der Waals surface area contributed by atoms with Gasteiger partial charge in [0.1, 0.15) is 0 Å². The molecule has 0 atom stereocenters. The Kier molecular flexibility index (Phi) is 4.14. The second-order valence-corrected chi connectivity index (χ2v) is 1.97. The van der Waals surface area contributed by atoms with Crippen molar-refractivity contribution < 1.29 is 4.79 Å². The third-order valence-electron chi connectivity index (χ3n) is 0.549. The van der Waals surface area contributed by atoms with Gasteiger partial charge in [0.05, 0.1) is 6.54 Å². The van der Waals surface area contributed by atoms with E-state index in [1.54, 1.807) is 13.3 Å². The fraction of sp³-hybridized carbons (Fsp3) is 0.750. The van der Waals surface area contributed by atoms with E-state index >= 15 is 0 Å². The van der Waals surface area contributed by atoms with Crippen molar-refractivity contribution in [3.63, 3.8) is 0 Å². The van der Waals surface area contributed by atoms with E-state index < -0.39 is 0 Å². The van der Waals surface area contributed by atoms with Crippen LogP contribution in [-0.2, 0) is 4.79 Å². The second-order valence-electron chi connectivity index (χ2n) is 1.11. The third kappa shape index (κ3) is 3.82. The average Bonchev–Trinajstić information content (AvgIpc) is 1.68. The lowest BCUT2D eigenvalue weighted by Gasteiger charge is -1.89. The van der Waals surface area contributed by atoms with Crippen LogP contribution in [0.1, 0.15) is 0 Å². The Labute approximate surface area is 47.7 Å². The van der Waals surface area contributed by atoms with E-state index in [0.717, 1.165) is 0 Å². The predicted molar refractivity (Wildman–Crippen MR) is 32.4 cm³/mol. The van der Waals surface area contributed by atoms with Crippen molar-refractivity contribution in [3.8, 4) is 0 Å². The predicted octanol–water partition coefficient (Wildman–Crippen LogP) is 0.0954. The zero-order chi connectivity index (χ0) is 5.70. The summed E-state index contributed by atoms with van der Waals surface area (Å²) < 4.78 is 0. The first kappa shape index (κ1) is 6.98. The SMILES string of the molecule is CNCC(=O)SC. The van der Waals surface area contributed by atoms with Gasteiger partial charge in [0.15, 0.2) is 0 Å². The van der Waals surface area contributed by atoms with Crippen molar-refractivity contribution in [2.75, 3.05) is 19.8 Å². The summed E-state index contributed by atoms with van der Waals surface area (Å²) >= 11 is 1.25. The van der Waals surface area contributed by atoms with Crippen LogP contribution >= 0.6 is 11.8 Å². The van der Waals surface area contributed by atoms with Gasteiger partial charge in [0.2, 0.25) is 5.12 Å². The fourth-order valence-electron chi connectivity index (χ4n) is 0.217. The summed E-state index contributed by atoms with van der Waals surface area (Å²) in [6.45, 7) is 0.473. The molecule has 0 saturated heterocycles. The summed E-state index contributed by atoms with van der Waals surface area (Å²) in [4.78, 5) is 10.3. The first-order valence-corrected chi connectivity index (χ1v) is 3.25. The second kappa shape index (κ2) is 4.15. The van der Waals surface area contributed by atoms with Gasteiger partial charge in [-0.3, -0.25) is 4.79 Å². The molecule has 0 amide bonds. The Morgan fingerprint density at radius 1 is 1.86 bits per heavy atom. The van der Waals surface area contributed by atoms with Gasteiger partial charge in [-0.15, -0.1) is 0 Å². The summed E-state index contributed by atoms with van der Waals surface area (Å²) in [7, 11) is 1.76. The number of thioether (sulfide) groups is 1. The monoisotopic (exact) mass is 119 g/mol. The normalized spacial score (nSPS) is 8.86.